The number of carbonyl (C=O) groups excluding carboxylic acids is 1. The lowest BCUT2D eigenvalue weighted by Gasteiger charge is -2.33. The number of nitrogens with one attached hydrogen (secondary N) is 1. The molecule has 0 aliphatic carbocycles. The fourth-order valence-corrected chi connectivity index (χ4v) is 3.72. The zero-order chi connectivity index (χ0) is 14.9. The molecule has 6 heteroatoms. The molecule has 0 unspecified atom stereocenters. The lowest BCUT2D eigenvalue weighted by Crippen LogP contribution is -2.47. The number of aromatic nitrogens is 2. The molecule has 2 aliphatic heterocycles. The lowest BCUT2D eigenvalue weighted by molar-refractivity contribution is -0.140. The second kappa shape index (κ2) is 5.60. The molecule has 3 rings (SSSR count). The molecule has 21 heavy (non-hydrogen) atoms. The van der Waals surface area contributed by atoms with Gasteiger partial charge in [0.05, 0.1) is 5.41 Å². The normalized spacial score (nSPS) is 28.9. The summed E-state index contributed by atoms with van der Waals surface area (Å²) in [5.74, 6) is 1.30. The van der Waals surface area contributed by atoms with Gasteiger partial charge < -0.3 is 15.1 Å². The molecule has 1 N–H and O–H groups in total. The molecule has 6 nitrogen and oxygen atoms in total. The Balaban J connectivity index is 1.91. The maximum Gasteiger partial charge on any atom is 0.230 e. The van der Waals surface area contributed by atoms with Gasteiger partial charge in [-0.25, -0.2) is 9.97 Å². The van der Waals surface area contributed by atoms with E-state index in [1.54, 1.807) is 17.3 Å². The summed E-state index contributed by atoms with van der Waals surface area (Å²) in [6.45, 7) is 3.46. The molecule has 0 aromatic carbocycles. The van der Waals surface area contributed by atoms with Crippen molar-refractivity contribution in [2.45, 2.75) is 12.8 Å². The van der Waals surface area contributed by atoms with E-state index < -0.39 is 0 Å². The van der Waals surface area contributed by atoms with E-state index in [1.165, 1.54) is 0 Å². The summed E-state index contributed by atoms with van der Waals surface area (Å²) in [6.07, 6.45) is 5.50. The van der Waals surface area contributed by atoms with Crippen LogP contribution in [0.5, 0.6) is 0 Å². The van der Waals surface area contributed by atoms with Gasteiger partial charge in [0.15, 0.2) is 0 Å². The van der Waals surface area contributed by atoms with E-state index in [-0.39, 0.29) is 11.3 Å². The van der Waals surface area contributed by atoms with Gasteiger partial charge in [0.25, 0.3) is 0 Å². The first kappa shape index (κ1) is 14.3. The molecule has 0 saturated carbocycles. The van der Waals surface area contributed by atoms with Crippen LogP contribution < -0.4 is 10.2 Å². The van der Waals surface area contributed by atoms with Crippen LogP contribution in [-0.2, 0) is 4.79 Å². The third-order valence-electron chi connectivity index (χ3n) is 4.73. The van der Waals surface area contributed by atoms with E-state index >= 15 is 0 Å². The molecule has 114 valence electrons. The zero-order valence-electron chi connectivity index (χ0n) is 12.7. The molecule has 0 spiro atoms. The molecule has 1 aromatic rings. The Morgan fingerprint density at radius 2 is 2.19 bits per heavy atom. The highest BCUT2D eigenvalue weighted by molar-refractivity contribution is 5.84. The van der Waals surface area contributed by atoms with Crippen LogP contribution >= 0.6 is 0 Å². The minimum Gasteiger partial charge on any atom is -0.348 e. The molecule has 1 aromatic heterocycles. The highest BCUT2D eigenvalue weighted by Crippen LogP contribution is 2.43. The van der Waals surface area contributed by atoms with Gasteiger partial charge in [-0.2, -0.15) is 0 Å². The Morgan fingerprint density at radius 1 is 1.43 bits per heavy atom. The van der Waals surface area contributed by atoms with E-state index in [0.717, 1.165) is 45.0 Å². The fourth-order valence-electron chi connectivity index (χ4n) is 3.72. The summed E-state index contributed by atoms with van der Waals surface area (Å²) in [4.78, 5) is 25.5. The first-order chi connectivity index (χ1) is 10.1. The predicted molar refractivity (Wildman–Crippen MR) is 81.0 cm³/mol. The minimum atomic E-state index is -0.299. The van der Waals surface area contributed by atoms with Crippen molar-refractivity contribution >= 4 is 11.9 Å². The molecule has 0 radical (unpaired) electrons. The van der Waals surface area contributed by atoms with Crippen molar-refractivity contribution in [3.8, 4) is 0 Å². The Hall–Kier alpha value is -1.69. The molecule has 1 amide bonds. The number of hydrogen-bond donors (Lipinski definition) is 1. The van der Waals surface area contributed by atoms with Crippen LogP contribution in [0, 0.1) is 11.3 Å². The summed E-state index contributed by atoms with van der Waals surface area (Å²) in [6, 6.07) is 1.82. The van der Waals surface area contributed by atoms with Crippen molar-refractivity contribution in [2.24, 2.45) is 11.3 Å². The fraction of sp³-hybridized carbons (Fsp3) is 0.667. The number of carbonyl (C=O) groups is 1. The summed E-state index contributed by atoms with van der Waals surface area (Å²) in [7, 11) is 3.71. The number of hydrogen-bond acceptors (Lipinski definition) is 5. The lowest BCUT2D eigenvalue weighted by atomic mass is 9.74. The average Bonchev–Trinajstić information content (AvgIpc) is 2.76. The number of amides is 1. The Labute approximate surface area is 125 Å². The van der Waals surface area contributed by atoms with E-state index in [4.69, 9.17) is 0 Å². The van der Waals surface area contributed by atoms with Crippen molar-refractivity contribution in [1.82, 2.24) is 20.2 Å². The van der Waals surface area contributed by atoms with Gasteiger partial charge in [-0.1, -0.05) is 0 Å². The van der Waals surface area contributed by atoms with Crippen LogP contribution in [-0.4, -0.2) is 61.0 Å². The highest BCUT2D eigenvalue weighted by atomic mass is 16.2. The number of rotatable bonds is 2. The van der Waals surface area contributed by atoms with Gasteiger partial charge in [-0.3, -0.25) is 4.79 Å². The smallest absolute Gasteiger partial charge is 0.230 e. The van der Waals surface area contributed by atoms with Crippen LogP contribution in [0.15, 0.2) is 18.5 Å². The number of anilines is 1. The Morgan fingerprint density at radius 3 is 2.90 bits per heavy atom. The highest BCUT2D eigenvalue weighted by Gasteiger charge is 2.53. The quantitative estimate of drug-likeness (QED) is 0.852. The standard InChI is InChI=1S/C15H23N5O/c1-19(2)13(21)15-5-3-6-16-9-12(15)10-20(11-15)14-17-7-4-8-18-14/h4,7-8,12,16H,3,5-6,9-11H2,1-2H3/t12-,15-/m0/s1. The second-order valence-electron chi connectivity index (χ2n) is 6.29. The minimum absolute atomic E-state index is 0.245. The van der Waals surface area contributed by atoms with Gasteiger partial charge in [0, 0.05) is 52.0 Å². The summed E-state index contributed by atoms with van der Waals surface area (Å²) in [5, 5.41) is 3.47. The first-order valence-corrected chi connectivity index (χ1v) is 7.58. The predicted octanol–water partition coefficient (Wildman–Crippen LogP) is 0.371. The Kier molecular flexibility index (Phi) is 3.80. The number of nitrogens with zero attached hydrogens (tertiary/aromatic N) is 4. The first-order valence-electron chi connectivity index (χ1n) is 7.58. The third kappa shape index (κ3) is 2.48. The van der Waals surface area contributed by atoms with E-state index in [9.17, 15) is 4.79 Å². The van der Waals surface area contributed by atoms with Crippen LogP contribution in [0.25, 0.3) is 0 Å². The maximum absolute atomic E-state index is 12.9. The third-order valence-corrected chi connectivity index (χ3v) is 4.73. The van der Waals surface area contributed by atoms with Gasteiger partial charge in [0.1, 0.15) is 0 Å². The molecular weight excluding hydrogens is 266 g/mol. The van der Waals surface area contributed by atoms with Crippen LogP contribution in [0.1, 0.15) is 12.8 Å². The van der Waals surface area contributed by atoms with Crippen LogP contribution in [0.2, 0.25) is 0 Å². The topological polar surface area (TPSA) is 61.4 Å². The molecule has 0 bridgehead atoms. The average molecular weight is 289 g/mol. The van der Waals surface area contributed by atoms with Crippen molar-refractivity contribution in [1.29, 1.82) is 0 Å². The van der Waals surface area contributed by atoms with Crippen molar-refractivity contribution in [2.75, 3.05) is 45.2 Å². The summed E-state index contributed by atoms with van der Waals surface area (Å²) in [5.41, 5.74) is -0.299. The summed E-state index contributed by atoms with van der Waals surface area (Å²) >= 11 is 0. The van der Waals surface area contributed by atoms with Gasteiger partial charge >= 0.3 is 0 Å². The van der Waals surface area contributed by atoms with Crippen LogP contribution in [0.4, 0.5) is 5.95 Å². The molecule has 3 heterocycles. The van der Waals surface area contributed by atoms with Crippen LogP contribution in [0.3, 0.4) is 0 Å². The van der Waals surface area contributed by atoms with Gasteiger partial charge in [0.2, 0.25) is 11.9 Å². The van der Waals surface area contributed by atoms with E-state index in [1.807, 2.05) is 20.2 Å². The zero-order valence-corrected chi connectivity index (χ0v) is 12.7. The molecular formula is C15H23N5O. The monoisotopic (exact) mass is 289 g/mol. The number of fused-ring (bicyclic) bond motifs is 1. The molecule has 2 saturated heterocycles. The van der Waals surface area contributed by atoms with Crippen molar-refractivity contribution in [3.05, 3.63) is 18.5 Å². The SMILES string of the molecule is CN(C)C(=O)[C@]12CCCNC[C@H]1CN(c1ncccn1)C2. The van der Waals surface area contributed by atoms with Gasteiger partial charge in [-0.05, 0) is 25.5 Å². The summed E-state index contributed by atoms with van der Waals surface area (Å²) < 4.78 is 0. The second-order valence-corrected chi connectivity index (χ2v) is 6.29. The van der Waals surface area contributed by atoms with E-state index in [0.29, 0.717) is 5.92 Å². The Bertz CT molecular complexity index is 506. The largest absolute Gasteiger partial charge is 0.348 e. The molecule has 2 atom stereocenters. The maximum atomic E-state index is 12.9. The van der Waals surface area contributed by atoms with Gasteiger partial charge in [-0.15, -0.1) is 0 Å². The van der Waals surface area contributed by atoms with E-state index in [2.05, 4.69) is 20.2 Å². The molecule has 2 fully saturated rings. The van der Waals surface area contributed by atoms with Crippen molar-refractivity contribution in [3.63, 3.8) is 0 Å². The molecule has 2 aliphatic rings. The van der Waals surface area contributed by atoms with Crippen molar-refractivity contribution < 1.29 is 4.79 Å².